The van der Waals surface area contributed by atoms with Gasteiger partial charge in [-0.1, -0.05) is 44.9 Å². The van der Waals surface area contributed by atoms with Crippen molar-refractivity contribution in [2.75, 3.05) is 18.5 Å². The molecule has 3 heteroatoms. The van der Waals surface area contributed by atoms with Crippen LogP contribution in [0.1, 0.15) is 57.6 Å². The van der Waals surface area contributed by atoms with Gasteiger partial charge >= 0.3 is 0 Å². The van der Waals surface area contributed by atoms with Crippen LogP contribution in [-0.4, -0.2) is 19.5 Å². The van der Waals surface area contributed by atoms with Crippen LogP contribution < -0.4 is 10.2 Å². The molecule has 0 aliphatic carbocycles. The van der Waals surface area contributed by atoms with Gasteiger partial charge in [-0.15, -0.1) is 0 Å². The number of hydrogen-bond donors (Lipinski definition) is 1. The van der Waals surface area contributed by atoms with Crippen LogP contribution in [0.15, 0.2) is 24.3 Å². The van der Waals surface area contributed by atoms with Crippen LogP contribution in [0.2, 0.25) is 0 Å². The Hall–Kier alpha value is -1.35. The number of hydrogen-bond acceptors (Lipinski definition) is 2. The fraction of sp³-hybridized carbons (Fsp3) is 0.611. The van der Waals surface area contributed by atoms with Crippen LogP contribution in [0.3, 0.4) is 0 Å². The standard InChI is InChI=1S/C18H28N2O/c1-4-8-14(9-5-2)18(21)20-13-12-16(19-3)15-10-6-7-11-17(15)20/h6-7,10-11,14,16,19H,4-5,8-9,12-13H2,1-3H3. The second-order valence-electron chi connectivity index (χ2n) is 5.95. The summed E-state index contributed by atoms with van der Waals surface area (Å²) < 4.78 is 0. The number of carbonyl (C=O) groups excluding carboxylic acids is 1. The summed E-state index contributed by atoms with van der Waals surface area (Å²) in [5, 5.41) is 3.36. The summed E-state index contributed by atoms with van der Waals surface area (Å²) in [6, 6.07) is 8.69. The molecule has 21 heavy (non-hydrogen) atoms. The van der Waals surface area contributed by atoms with E-state index in [2.05, 4.69) is 37.4 Å². The van der Waals surface area contributed by atoms with Crippen molar-refractivity contribution in [1.29, 1.82) is 0 Å². The van der Waals surface area contributed by atoms with Crippen molar-refractivity contribution < 1.29 is 4.79 Å². The Morgan fingerprint density at radius 3 is 2.57 bits per heavy atom. The molecule has 1 amide bonds. The largest absolute Gasteiger partial charge is 0.313 e. The van der Waals surface area contributed by atoms with E-state index in [9.17, 15) is 4.79 Å². The van der Waals surface area contributed by atoms with Crippen molar-refractivity contribution in [2.45, 2.75) is 52.0 Å². The molecule has 1 atom stereocenters. The molecule has 1 aliphatic rings. The molecule has 1 N–H and O–H groups in total. The lowest BCUT2D eigenvalue weighted by Gasteiger charge is -2.36. The van der Waals surface area contributed by atoms with E-state index in [1.54, 1.807) is 0 Å². The lowest BCUT2D eigenvalue weighted by Crippen LogP contribution is -2.42. The smallest absolute Gasteiger partial charge is 0.230 e. The summed E-state index contributed by atoms with van der Waals surface area (Å²) in [5.41, 5.74) is 2.36. The van der Waals surface area contributed by atoms with Crippen LogP contribution in [0.5, 0.6) is 0 Å². The van der Waals surface area contributed by atoms with Gasteiger partial charge in [-0.2, -0.15) is 0 Å². The van der Waals surface area contributed by atoms with E-state index in [0.717, 1.165) is 44.3 Å². The number of anilines is 1. The van der Waals surface area contributed by atoms with Gasteiger partial charge in [-0.25, -0.2) is 0 Å². The molecule has 1 heterocycles. The van der Waals surface area contributed by atoms with Gasteiger partial charge in [-0.05, 0) is 37.9 Å². The van der Waals surface area contributed by atoms with Gasteiger partial charge in [0.05, 0.1) is 0 Å². The Kier molecular flexibility index (Phi) is 5.80. The van der Waals surface area contributed by atoms with Crippen molar-refractivity contribution in [3.8, 4) is 0 Å². The fourth-order valence-corrected chi connectivity index (χ4v) is 3.40. The molecule has 2 rings (SSSR count). The number of nitrogens with zero attached hydrogens (tertiary/aromatic N) is 1. The van der Waals surface area contributed by atoms with Gasteiger partial charge in [0, 0.05) is 24.2 Å². The Balaban J connectivity index is 2.25. The summed E-state index contributed by atoms with van der Waals surface area (Å²) in [6.07, 6.45) is 5.14. The number of carbonyl (C=O) groups is 1. The number of fused-ring (bicyclic) bond motifs is 1. The van der Waals surface area contributed by atoms with Crippen LogP contribution in [-0.2, 0) is 4.79 Å². The highest BCUT2D eigenvalue weighted by molar-refractivity contribution is 5.96. The summed E-state index contributed by atoms with van der Waals surface area (Å²) in [6.45, 7) is 5.15. The maximum atomic E-state index is 12.9. The van der Waals surface area contributed by atoms with E-state index in [1.807, 2.05) is 18.0 Å². The fourth-order valence-electron chi connectivity index (χ4n) is 3.40. The summed E-state index contributed by atoms with van der Waals surface area (Å²) in [7, 11) is 2.00. The van der Waals surface area contributed by atoms with Gasteiger partial charge in [-0.3, -0.25) is 4.79 Å². The third-order valence-electron chi connectivity index (χ3n) is 4.48. The topological polar surface area (TPSA) is 32.3 Å². The Morgan fingerprint density at radius 1 is 1.29 bits per heavy atom. The molecular weight excluding hydrogens is 260 g/mol. The average Bonchev–Trinajstić information content (AvgIpc) is 2.53. The van der Waals surface area contributed by atoms with Gasteiger partial charge in [0.2, 0.25) is 5.91 Å². The molecule has 1 aromatic rings. The van der Waals surface area contributed by atoms with Crippen molar-refractivity contribution >= 4 is 11.6 Å². The summed E-state index contributed by atoms with van der Waals surface area (Å²) in [5.74, 6) is 0.500. The van der Waals surface area contributed by atoms with Crippen molar-refractivity contribution in [1.82, 2.24) is 5.32 Å². The second kappa shape index (κ2) is 7.60. The molecule has 0 saturated heterocycles. The highest BCUT2D eigenvalue weighted by atomic mass is 16.2. The molecule has 0 fully saturated rings. The van der Waals surface area contributed by atoms with E-state index in [4.69, 9.17) is 0 Å². The summed E-state index contributed by atoms with van der Waals surface area (Å²) >= 11 is 0. The normalized spacial score (nSPS) is 17.9. The summed E-state index contributed by atoms with van der Waals surface area (Å²) in [4.78, 5) is 15.0. The average molecular weight is 288 g/mol. The minimum atomic E-state index is 0.180. The number of rotatable bonds is 6. The van der Waals surface area contributed by atoms with E-state index in [-0.39, 0.29) is 5.92 Å². The zero-order valence-electron chi connectivity index (χ0n) is 13.6. The highest BCUT2D eigenvalue weighted by Gasteiger charge is 2.30. The zero-order valence-corrected chi connectivity index (χ0v) is 13.6. The highest BCUT2D eigenvalue weighted by Crippen LogP contribution is 2.35. The lowest BCUT2D eigenvalue weighted by atomic mass is 9.92. The third kappa shape index (κ3) is 3.46. The quantitative estimate of drug-likeness (QED) is 0.861. The SMILES string of the molecule is CCCC(CCC)C(=O)N1CCC(NC)c2ccccc21. The number of benzene rings is 1. The Bertz CT molecular complexity index is 466. The first-order chi connectivity index (χ1) is 10.2. The van der Waals surface area contributed by atoms with Crippen LogP contribution in [0.25, 0.3) is 0 Å². The Morgan fingerprint density at radius 2 is 1.95 bits per heavy atom. The number of nitrogens with one attached hydrogen (secondary N) is 1. The lowest BCUT2D eigenvalue weighted by molar-refractivity contribution is -0.123. The molecule has 1 aliphatic heterocycles. The maximum Gasteiger partial charge on any atom is 0.230 e. The first kappa shape index (κ1) is 16.0. The molecule has 1 unspecified atom stereocenters. The molecule has 0 radical (unpaired) electrons. The van der Waals surface area contributed by atoms with Crippen molar-refractivity contribution in [3.63, 3.8) is 0 Å². The van der Waals surface area contributed by atoms with E-state index >= 15 is 0 Å². The van der Waals surface area contributed by atoms with Gasteiger partial charge in [0.1, 0.15) is 0 Å². The van der Waals surface area contributed by atoms with E-state index in [1.165, 1.54) is 5.56 Å². The number of para-hydroxylation sites is 1. The molecule has 0 spiro atoms. The van der Waals surface area contributed by atoms with Crippen LogP contribution >= 0.6 is 0 Å². The van der Waals surface area contributed by atoms with E-state index < -0.39 is 0 Å². The molecule has 3 nitrogen and oxygen atoms in total. The minimum absolute atomic E-state index is 0.180. The first-order valence-corrected chi connectivity index (χ1v) is 8.30. The van der Waals surface area contributed by atoms with Crippen LogP contribution in [0.4, 0.5) is 5.69 Å². The van der Waals surface area contributed by atoms with Crippen LogP contribution in [0, 0.1) is 5.92 Å². The van der Waals surface area contributed by atoms with Gasteiger partial charge < -0.3 is 10.2 Å². The molecule has 0 saturated carbocycles. The molecule has 116 valence electrons. The number of amides is 1. The predicted molar refractivity (Wildman–Crippen MR) is 88.5 cm³/mol. The van der Waals surface area contributed by atoms with Crippen molar-refractivity contribution in [3.05, 3.63) is 29.8 Å². The van der Waals surface area contributed by atoms with Crippen molar-refractivity contribution in [2.24, 2.45) is 5.92 Å². The molecule has 1 aromatic carbocycles. The second-order valence-corrected chi connectivity index (χ2v) is 5.95. The maximum absolute atomic E-state index is 12.9. The zero-order chi connectivity index (χ0) is 15.2. The Labute approximate surface area is 128 Å². The minimum Gasteiger partial charge on any atom is -0.313 e. The first-order valence-electron chi connectivity index (χ1n) is 8.30. The predicted octanol–water partition coefficient (Wildman–Crippen LogP) is 3.90. The van der Waals surface area contributed by atoms with Gasteiger partial charge in [0.15, 0.2) is 0 Å². The molecule has 0 aromatic heterocycles. The molecular formula is C18H28N2O. The third-order valence-corrected chi connectivity index (χ3v) is 4.48. The monoisotopic (exact) mass is 288 g/mol. The molecule has 0 bridgehead atoms. The van der Waals surface area contributed by atoms with Gasteiger partial charge in [0.25, 0.3) is 0 Å². The van der Waals surface area contributed by atoms with E-state index in [0.29, 0.717) is 11.9 Å².